The molecular weight excluding hydrogens is 346 g/mol. The highest BCUT2D eigenvalue weighted by molar-refractivity contribution is 5.87. The molecule has 0 fully saturated rings. The summed E-state index contributed by atoms with van der Waals surface area (Å²) in [4.78, 5) is 12.3. The van der Waals surface area contributed by atoms with Crippen LogP contribution in [0.3, 0.4) is 0 Å². The molecular formula is C18H22F2N2O4. The molecule has 0 saturated heterocycles. The molecule has 0 bridgehead atoms. The van der Waals surface area contributed by atoms with E-state index in [0.29, 0.717) is 11.3 Å². The predicted molar refractivity (Wildman–Crippen MR) is 90.7 cm³/mol. The molecule has 1 aromatic carbocycles. The number of methoxy groups -OCH3 is 1. The number of nitrogens with zero attached hydrogens (tertiary/aromatic N) is 2. The fraction of sp³-hybridized carbons (Fsp3) is 0.444. The lowest BCUT2D eigenvalue weighted by atomic mass is 9.92. The van der Waals surface area contributed by atoms with Crippen molar-refractivity contribution >= 4 is 5.97 Å². The monoisotopic (exact) mass is 368 g/mol. The van der Waals surface area contributed by atoms with E-state index >= 15 is 0 Å². The Kier molecular flexibility index (Phi) is 5.84. The van der Waals surface area contributed by atoms with Gasteiger partial charge >= 0.3 is 12.6 Å². The van der Waals surface area contributed by atoms with Gasteiger partial charge in [0, 0.05) is 12.5 Å². The number of ether oxygens (including phenoxy) is 3. The first-order valence-corrected chi connectivity index (χ1v) is 7.95. The van der Waals surface area contributed by atoms with Gasteiger partial charge < -0.3 is 14.2 Å². The topological polar surface area (TPSA) is 62.6 Å². The van der Waals surface area contributed by atoms with Gasteiger partial charge in [0.25, 0.3) is 0 Å². The summed E-state index contributed by atoms with van der Waals surface area (Å²) in [6.07, 6.45) is 0. The lowest BCUT2D eigenvalue weighted by Gasteiger charge is -2.13. The van der Waals surface area contributed by atoms with Gasteiger partial charge in [-0.15, -0.1) is 0 Å². The van der Waals surface area contributed by atoms with Crippen LogP contribution in [0.25, 0.3) is 0 Å². The zero-order chi connectivity index (χ0) is 19.5. The van der Waals surface area contributed by atoms with E-state index in [1.165, 1.54) is 30.0 Å². The van der Waals surface area contributed by atoms with Gasteiger partial charge in [0.2, 0.25) is 0 Å². The number of rotatable bonds is 6. The van der Waals surface area contributed by atoms with Crippen LogP contribution < -0.4 is 9.47 Å². The first-order valence-electron chi connectivity index (χ1n) is 7.95. The Balaban J connectivity index is 2.09. The summed E-state index contributed by atoms with van der Waals surface area (Å²) >= 11 is 0. The van der Waals surface area contributed by atoms with Crippen LogP contribution >= 0.6 is 0 Å². The van der Waals surface area contributed by atoms with E-state index in [1.54, 1.807) is 13.1 Å². The quantitative estimate of drug-likeness (QED) is 0.728. The fourth-order valence-corrected chi connectivity index (χ4v) is 2.24. The van der Waals surface area contributed by atoms with Gasteiger partial charge in [-0.25, -0.2) is 4.79 Å². The largest absolute Gasteiger partial charge is 0.493 e. The maximum Gasteiger partial charge on any atom is 0.387 e. The molecule has 0 aliphatic rings. The van der Waals surface area contributed by atoms with Gasteiger partial charge in [0.1, 0.15) is 12.3 Å². The Bertz CT molecular complexity index is 782. The zero-order valence-electron chi connectivity index (χ0n) is 15.4. The fourth-order valence-electron chi connectivity index (χ4n) is 2.24. The lowest BCUT2D eigenvalue weighted by molar-refractivity contribution is -0.0512. The number of aryl methyl sites for hydroxylation is 1. The maximum atomic E-state index is 12.3. The summed E-state index contributed by atoms with van der Waals surface area (Å²) < 4.78 is 40.9. The number of halogens is 2. The van der Waals surface area contributed by atoms with Crippen LogP contribution in [0.4, 0.5) is 8.78 Å². The molecule has 2 aromatic rings. The van der Waals surface area contributed by atoms with Crippen LogP contribution in [0.2, 0.25) is 0 Å². The minimum Gasteiger partial charge on any atom is -0.493 e. The molecule has 0 saturated carbocycles. The Morgan fingerprint density at radius 1 is 1.23 bits per heavy atom. The summed E-state index contributed by atoms with van der Waals surface area (Å²) in [6.45, 7) is 3.01. The standard InChI is InChI=1S/C18H22F2N2O4/c1-18(2,3)15-9-12(22(4)21-15)16(23)25-10-11-6-7-13(26-17(19)20)14(8-11)24-5/h6-9,17H,10H2,1-5H3. The SMILES string of the molecule is COc1cc(COC(=O)c2cc(C(C)(C)C)nn2C)ccc1OC(F)F. The molecule has 1 heterocycles. The molecule has 0 aliphatic carbocycles. The molecule has 0 aliphatic heterocycles. The van der Waals surface area contributed by atoms with Gasteiger partial charge in [-0.05, 0) is 23.8 Å². The molecule has 0 N–H and O–H groups in total. The lowest BCUT2D eigenvalue weighted by Crippen LogP contribution is -2.12. The third-order valence-electron chi connectivity index (χ3n) is 3.67. The van der Waals surface area contributed by atoms with E-state index in [2.05, 4.69) is 9.84 Å². The van der Waals surface area contributed by atoms with E-state index in [-0.39, 0.29) is 23.5 Å². The van der Waals surface area contributed by atoms with Gasteiger partial charge in [0.05, 0.1) is 12.8 Å². The average Bonchev–Trinajstić information content (AvgIpc) is 2.95. The smallest absolute Gasteiger partial charge is 0.387 e. The summed E-state index contributed by atoms with van der Waals surface area (Å²) in [5.74, 6) is -0.476. The van der Waals surface area contributed by atoms with Gasteiger partial charge in [-0.2, -0.15) is 13.9 Å². The molecule has 8 heteroatoms. The molecule has 0 atom stereocenters. The predicted octanol–water partition coefficient (Wildman–Crippen LogP) is 3.68. The Labute approximate surface area is 150 Å². The Morgan fingerprint density at radius 3 is 2.46 bits per heavy atom. The van der Waals surface area contributed by atoms with Crippen molar-refractivity contribution < 1.29 is 27.8 Å². The Morgan fingerprint density at radius 2 is 1.92 bits per heavy atom. The molecule has 0 unspecified atom stereocenters. The molecule has 1 aromatic heterocycles. The molecule has 0 amide bonds. The summed E-state index contributed by atoms with van der Waals surface area (Å²) in [6, 6.07) is 6.05. The average molecular weight is 368 g/mol. The van der Waals surface area contributed by atoms with Crippen molar-refractivity contribution in [3.63, 3.8) is 0 Å². The Hall–Kier alpha value is -2.64. The number of benzene rings is 1. The number of carbonyl (C=O) groups is 1. The highest BCUT2D eigenvalue weighted by atomic mass is 19.3. The van der Waals surface area contributed by atoms with Crippen molar-refractivity contribution in [1.82, 2.24) is 9.78 Å². The third-order valence-corrected chi connectivity index (χ3v) is 3.67. The van der Waals surface area contributed by atoms with Crippen LogP contribution in [0.1, 0.15) is 42.5 Å². The van der Waals surface area contributed by atoms with Crippen molar-refractivity contribution in [2.45, 2.75) is 39.4 Å². The number of esters is 1. The first-order chi connectivity index (χ1) is 12.1. The molecule has 0 spiro atoms. The van der Waals surface area contributed by atoms with Gasteiger partial charge in [-0.3, -0.25) is 4.68 Å². The van der Waals surface area contributed by atoms with Crippen molar-refractivity contribution in [3.05, 3.63) is 41.2 Å². The molecule has 142 valence electrons. The summed E-state index contributed by atoms with van der Waals surface area (Å²) in [7, 11) is 3.01. The number of carbonyl (C=O) groups excluding carboxylic acids is 1. The highest BCUT2D eigenvalue weighted by Crippen LogP contribution is 2.30. The van der Waals surface area contributed by atoms with E-state index < -0.39 is 12.6 Å². The van der Waals surface area contributed by atoms with Crippen LogP contribution in [0.15, 0.2) is 24.3 Å². The minimum atomic E-state index is -2.95. The van der Waals surface area contributed by atoms with E-state index in [9.17, 15) is 13.6 Å². The van der Waals surface area contributed by atoms with Crippen LogP contribution in [0, 0.1) is 0 Å². The number of aromatic nitrogens is 2. The van der Waals surface area contributed by atoms with Crippen molar-refractivity contribution in [2.75, 3.05) is 7.11 Å². The van der Waals surface area contributed by atoms with Gasteiger partial charge in [0.15, 0.2) is 11.5 Å². The zero-order valence-corrected chi connectivity index (χ0v) is 15.4. The highest BCUT2D eigenvalue weighted by Gasteiger charge is 2.22. The molecule has 26 heavy (non-hydrogen) atoms. The van der Waals surface area contributed by atoms with Crippen molar-refractivity contribution in [2.24, 2.45) is 7.05 Å². The first kappa shape index (κ1) is 19.7. The second-order valence-electron chi connectivity index (χ2n) is 6.73. The normalized spacial score (nSPS) is 11.5. The number of alkyl halides is 2. The van der Waals surface area contributed by atoms with Crippen LogP contribution in [-0.4, -0.2) is 29.5 Å². The van der Waals surface area contributed by atoms with Crippen LogP contribution in [0.5, 0.6) is 11.5 Å². The molecule has 2 rings (SSSR count). The third kappa shape index (κ3) is 4.71. The second kappa shape index (κ2) is 7.72. The van der Waals surface area contributed by atoms with Gasteiger partial charge in [-0.1, -0.05) is 26.8 Å². The summed E-state index contributed by atoms with van der Waals surface area (Å²) in [5, 5.41) is 4.33. The number of hydrogen-bond acceptors (Lipinski definition) is 5. The molecule has 6 nitrogen and oxygen atoms in total. The van der Waals surface area contributed by atoms with Crippen LogP contribution in [-0.2, 0) is 23.8 Å². The maximum absolute atomic E-state index is 12.3. The minimum absolute atomic E-state index is 0.0415. The van der Waals surface area contributed by atoms with Crippen molar-refractivity contribution in [3.8, 4) is 11.5 Å². The van der Waals surface area contributed by atoms with E-state index in [1.807, 2.05) is 20.8 Å². The van der Waals surface area contributed by atoms with E-state index in [4.69, 9.17) is 9.47 Å². The second-order valence-corrected chi connectivity index (χ2v) is 6.73. The molecule has 0 radical (unpaired) electrons. The number of hydrogen-bond donors (Lipinski definition) is 0. The van der Waals surface area contributed by atoms with Crippen molar-refractivity contribution in [1.29, 1.82) is 0 Å². The van der Waals surface area contributed by atoms with E-state index in [0.717, 1.165) is 5.69 Å². The summed E-state index contributed by atoms with van der Waals surface area (Å²) in [5.41, 5.74) is 1.50.